The van der Waals surface area contributed by atoms with E-state index < -0.39 is 11.8 Å². The molecule has 2 aromatic rings. The summed E-state index contributed by atoms with van der Waals surface area (Å²) in [6.45, 7) is 0.252. The lowest BCUT2D eigenvalue weighted by Gasteiger charge is -2.09. The summed E-state index contributed by atoms with van der Waals surface area (Å²) in [4.78, 5) is 23.5. The average molecular weight is 376 g/mol. The average Bonchev–Trinajstić information content (AvgIpc) is 2.66. The first-order valence-electron chi connectivity index (χ1n) is 7.61. The van der Waals surface area contributed by atoms with Gasteiger partial charge in [0.25, 0.3) is 0 Å². The molecule has 0 aromatic heterocycles. The number of ether oxygens (including phenoxy) is 2. The van der Waals surface area contributed by atoms with E-state index in [1.165, 1.54) is 20.4 Å². The van der Waals surface area contributed by atoms with Crippen LogP contribution < -0.4 is 20.2 Å². The number of hydrazone groups is 1. The lowest BCUT2D eigenvalue weighted by atomic mass is 10.2. The molecule has 0 spiro atoms. The van der Waals surface area contributed by atoms with E-state index in [0.717, 1.165) is 5.56 Å². The fraction of sp³-hybridized carbons (Fsp3) is 0.167. The molecule has 0 fully saturated rings. The topological polar surface area (TPSA) is 89.0 Å². The normalized spacial score (nSPS) is 10.4. The van der Waals surface area contributed by atoms with Crippen LogP contribution in [0.2, 0.25) is 5.02 Å². The van der Waals surface area contributed by atoms with Crippen molar-refractivity contribution in [3.8, 4) is 11.5 Å². The first kappa shape index (κ1) is 19.3. The Labute approximate surface area is 155 Å². The highest BCUT2D eigenvalue weighted by atomic mass is 35.5. The number of hydrogen-bond donors (Lipinski definition) is 2. The Morgan fingerprint density at radius 3 is 2.50 bits per heavy atom. The van der Waals surface area contributed by atoms with Crippen molar-refractivity contribution in [2.45, 2.75) is 6.54 Å². The van der Waals surface area contributed by atoms with Gasteiger partial charge < -0.3 is 14.8 Å². The molecule has 136 valence electrons. The zero-order valence-electron chi connectivity index (χ0n) is 14.3. The summed E-state index contributed by atoms with van der Waals surface area (Å²) in [7, 11) is 2.96. The Morgan fingerprint density at radius 1 is 1.12 bits per heavy atom. The second kappa shape index (κ2) is 9.43. The highest BCUT2D eigenvalue weighted by Crippen LogP contribution is 2.35. The number of hydrogen-bond acceptors (Lipinski definition) is 5. The second-order valence-electron chi connectivity index (χ2n) is 5.11. The van der Waals surface area contributed by atoms with Crippen molar-refractivity contribution in [2.24, 2.45) is 5.10 Å². The highest BCUT2D eigenvalue weighted by Gasteiger charge is 2.12. The van der Waals surface area contributed by atoms with E-state index in [9.17, 15) is 9.59 Å². The van der Waals surface area contributed by atoms with Crippen molar-refractivity contribution in [2.75, 3.05) is 14.2 Å². The smallest absolute Gasteiger partial charge is 0.329 e. The van der Waals surface area contributed by atoms with Crippen LogP contribution in [0.15, 0.2) is 47.6 Å². The summed E-state index contributed by atoms with van der Waals surface area (Å²) in [6, 6.07) is 12.5. The third-order valence-corrected chi connectivity index (χ3v) is 3.62. The van der Waals surface area contributed by atoms with Gasteiger partial charge in [0.1, 0.15) is 0 Å². The van der Waals surface area contributed by atoms with Crippen LogP contribution in [0.5, 0.6) is 11.5 Å². The van der Waals surface area contributed by atoms with Crippen molar-refractivity contribution in [3.63, 3.8) is 0 Å². The van der Waals surface area contributed by atoms with Gasteiger partial charge in [-0.1, -0.05) is 41.9 Å². The van der Waals surface area contributed by atoms with E-state index in [2.05, 4.69) is 15.8 Å². The Bertz CT molecular complexity index is 810. The molecule has 0 unspecified atom stereocenters. The molecule has 26 heavy (non-hydrogen) atoms. The highest BCUT2D eigenvalue weighted by molar-refractivity contribution is 6.35. The molecule has 2 rings (SSSR count). The van der Waals surface area contributed by atoms with Gasteiger partial charge in [0.2, 0.25) is 0 Å². The molecule has 0 aliphatic carbocycles. The molecule has 2 N–H and O–H groups in total. The van der Waals surface area contributed by atoms with Crippen molar-refractivity contribution < 1.29 is 19.1 Å². The molecule has 0 saturated heterocycles. The number of nitrogens with one attached hydrogen (secondary N) is 2. The largest absolute Gasteiger partial charge is 0.493 e. The number of carbonyl (C=O) groups excluding carboxylic acids is 2. The summed E-state index contributed by atoms with van der Waals surface area (Å²) < 4.78 is 10.3. The minimum absolute atomic E-state index is 0.252. The molecule has 0 heterocycles. The number of benzene rings is 2. The summed E-state index contributed by atoms with van der Waals surface area (Å²) in [5.41, 5.74) is 3.61. The molecule has 0 atom stereocenters. The minimum Gasteiger partial charge on any atom is -0.493 e. The fourth-order valence-corrected chi connectivity index (χ4v) is 2.38. The summed E-state index contributed by atoms with van der Waals surface area (Å²) >= 11 is 6.09. The molecule has 2 aromatic carbocycles. The Kier molecular flexibility index (Phi) is 6.99. The zero-order chi connectivity index (χ0) is 18.9. The lowest BCUT2D eigenvalue weighted by Crippen LogP contribution is -2.37. The maximum Gasteiger partial charge on any atom is 0.329 e. The Balaban J connectivity index is 1.92. The molecule has 0 aliphatic heterocycles. The van der Waals surface area contributed by atoms with E-state index in [4.69, 9.17) is 21.1 Å². The van der Waals surface area contributed by atoms with Gasteiger partial charge in [-0.05, 0) is 23.3 Å². The first-order valence-corrected chi connectivity index (χ1v) is 7.99. The van der Waals surface area contributed by atoms with Crippen molar-refractivity contribution in [1.29, 1.82) is 0 Å². The van der Waals surface area contributed by atoms with Crippen LogP contribution >= 0.6 is 11.6 Å². The maximum absolute atomic E-state index is 11.7. The van der Waals surface area contributed by atoms with Crippen LogP contribution in [0.1, 0.15) is 11.1 Å². The van der Waals surface area contributed by atoms with Crippen LogP contribution in [0.3, 0.4) is 0 Å². The van der Waals surface area contributed by atoms with Crippen LogP contribution in [0, 0.1) is 0 Å². The van der Waals surface area contributed by atoms with Crippen LogP contribution in [0.25, 0.3) is 0 Å². The van der Waals surface area contributed by atoms with Crippen molar-refractivity contribution in [1.82, 2.24) is 10.7 Å². The minimum atomic E-state index is -0.872. The molecule has 0 radical (unpaired) electrons. The van der Waals surface area contributed by atoms with Gasteiger partial charge >= 0.3 is 11.8 Å². The third-order valence-electron chi connectivity index (χ3n) is 3.34. The van der Waals surface area contributed by atoms with Crippen molar-refractivity contribution >= 4 is 29.6 Å². The van der Waals surface area contributed by atoms with Crippen LogP contribution in [0.4, 0.5) is 0 Å². The monoisotopic (exact) mass is 375 g/mol. The second-order valence-corrected chi connectivity index (χ2v) is 5.51. The standard InChI is InChI=1S/C18H18ClN3O4/c1-25-15-9-13(8-14(19)16(15)26-2)11-21-22-18(24)17(23)20-10-12-6-4-3-5-7-12/h3-9,11H,10H2,1-2H3,(H,20,23)(H,22,24)/b21-11-. The third kappa shape index (κ3) is 5.22. The lowest BCUT2D eigenvalue weighted by molar-refractivity contribution is -0.139. The van der Waals surface area contributed by atoms with E-state index >= 15 is 0 Å². The summed E-state index contributed by atoms with van der Waals surface area (Å²) in [5, 5.41) is 6.59. The molecular formula is C18H18ClN3O4. The number of nitrogens with zero attached hydrogens (tertiary/aromatic N) is 1. The number of methoxy groups -OCH3 is 2. The van der Waals surface area contributed by atoms with Gasteiger partial charge in [0.05, 0.1) is 25.5 Å². The fourth-order valence-electron chi connectivity index (χ4n) is 2.09. The molecule has 0 aliphatic rings. The molecule has 2 amide bonds. The predicted octanol–water partition coefficient (Wildman–Crippen LogP) is 2.12. The van der Waals surface area contributed by atoms with E-state index in [0.29, 0.717) is 22.1 Å². The maximum atomic E-state index is 11.7. The molecule has 8 heteroatoms. The number of amides is 2. The Morgan fingerprint density at radius 2 is 1.85 bits per heavy atom. The summed E-state index contributed by atoms with van der Waals surface area (Å²) in [6.07, 6.45) is 1.34. The van der Waals surface area contributed by atoms with E-state index in [1.54, 1.807) is 12.1 Å². The molecular weight excluding hydrogens is 358 g/mol. The van der Waals surface area contributed by atoms with Gasteiger partial charge in [-0.25, -0.2) is 5.43 Å². The number of rotatable bonds is 6. The predicted molar refractivity (Wildman–Crippen MR) is 98.6 cm³/mol. The number of halogens is 1. The molecule has 7 nitrogen and oxygen atoms in total. The molecule has 0 bridgehead atoms. The van der Waals surface area contributed by atoms with E-state index in [1.807, 2.05) is 30.3 Å². The SMILES string of the molecule is COc1cc(/C=N\NC(=O)C(=O)NCc2ccccc2)cc(Cl)c1OC. The molecule has 0 saturated carbocycles. The number of carbonyl (C=O) groups is 2. The van der Waals surface area contributed by atoms with Gasteiger partial charge in [0.15, 0.2) is 11.5 Å². The van der Waals surface area contributed by atoms with Gasteiger partial charge in [0, 0.05) is 6.54 Å². The van der Waals surface area contributed by atoms with Gasteiger partial charge in [-0.3, -0.25) is 9.59 Å². The van der Waals surface area contributed by atoms with Gasteiger partial charge in [-0.15, -0.1) is 0 Å². The van der Waals surface area contributed by atoms with Crippen molar-refractivity contribution in [3.05, 3.63) is 58.6 Å². The van der Waals surface area contributed by atoms with E-state index in [-0.39, 0.29) is 6.54 Å². The van der Waals surface area contributed by atoms with Gasteiger partial charge in [-0.2, -0.15) is 5.10 Å². The van der Waals surface area contributed by atoms with Crippen LogP contribution in [-0.4, -0.2) is 32.2 Å². The summed E-state index contributed by atoms with van der Waals surface area (Å²) in [5.74, 6) is -0.830. The first-order chi connectivity index (χ1) is 12.5. The quantitative estimate of drug-likeness (QED) is 0.460. The Hall–Kier alpha value is -3.06. The van der Waals surface area contributed by atoms with Crippen LogP contribution in [-0.2, 0) is 16.1 Å². The zero-order valence-corrected chi connectivity index (χ0v) is 15.0.